The number of amides is 3. The van der Waals surface area contributed by atoms with E-state index in [1.54, 1.807) is 24.3 Å². The van der Waals surface area contributed by atoms with Crippen LogP contribution in [0.3, 0.4) is 0 Å². The van der Waals surface area contributed by atoms with Crippen molar-refractivity contribution in [3.8, 4) is 5.75 Å². The van der Waals surface area contributed by atoms with Crippen molar-refractivity contribution in [3.63, 3.8) is 0 Å². The predicted molar refractivity (Wildman–Crippen MR) is 92.6 cm³/mol. The number of nitrogens with one attached hydrogen (secondary N) is 3. The zero-order valence-corrected chi connectivity index (χ0v) is 14.0. The van der Waals surface area contributed by atoms with Crippen LogP contribution in [0.4, 0.5) is 10.1 Å². The molecule has 7 nitrogen and oxygen atoms in total. The summed E-state index contributed by atoms with van der Waals surface area (Å²) in [4.78, 5) is 34.4. The Morgan fingerprint density at radius 1 is 0.923 bits per heavy atom. The van der Waals surface area contributed by atoms with Crippen molar-refractivity contribution in [2.45, 2.75) is 13.3 Å². The molecule has 0 saturated carbocycles. The molecule has 0 heterocycles. The number of benzene rings is 2. The number of rotatable bonds is 6. The van der Waals surface area contributed by atoms with E-state index in [-0.39, 0.29) is 18.9 Å². The molecule has 0 aromatic heterocycles. The lowest BCUT2D eigenvalue weighted by Gasteiger charge is -2.09. The third kappa shape index (κ3) is 6.60. The summed E-state index contributed by atoms with van der Waals surface area (Å²) in [5.74, 6) is -1.21. The molecule has 136 valence electrons. The standard InChI is InChI=1S/C18H18FN3O4/c1-12(23)20-15-6-2-13(3-7-15)10-17(24)21-22-18(25)11-26-16-8-4-14(19)5-9-16/h2-9H,10-11H2,1H3,(H,20,23)(H,21,24)(H,22,25). The molecule has 3 N–H and O–H groups in total. The number of carbonyl (C=O) groups excluding carboxylic acids is 3. The molecule has 0 saturated heterocycles. The molecule has 0 aliphatic heterocycles. The highest BCUT2D eigenvalue weighted by Gasteiger charge is 2.07. The van der Waals surface area contributed by atoms with Crippen LogP contribution in [0.25, 0.3) is 0 Å². The second-order valence-electron chi connectivity index (χ2n) is 5.39. The van der Waals surface area contributed by atoms with Crippen LogP contribution in [-0.2, 0) is 20.8 Å². The van der Waals surface area contributed by atoms with Crippen LogP contribution in [0, 0.1) is 5.82 Å². The van der Waals surface area contributed by atoms with Gasteiger partial charge in [0, 0.05) is 12.6 Å². The number of hydrogen-bond donors (Lipinski definition) is 3. The zero-order chi connectivity index (χ0) is 18.9. The first kappa shape index (κ1) is 18.9. The largest absolute Gasteiger partial charge is 0.484 e. The third-order valence-electron chi connectivity index (χ3n) is 3.16. The Morgan fingerprint density at radius 2 is 1.54 bits per heavy atom. The quantitative estimate of drug-likeness (QED) is 0.682. The summed E-state index contributed by atoms with van der Waals surface area (Å²) in [5.41, 5.74) is 5.85. The van der Waals surface area contributed by atoms with Gasteiger partial charge in [-0.05, 0) is 42.0 Å². The summed E-state index contributed by atoms with van der Waals surface area (Å²) in [5, 5.41) is 2.62. The highest BCUT2D eigenvalue weighted by atomic mass is 19.1. The molecule has 2 rings (SSSR count). The van der Waals surface area contributed by atoms with Gasteiger partial charge < -0.3 is 10.1 Å². The fourth-order valence-electron chi connectivity index (χ4n) is 1.99. The van der Waals surface area contributed by atoms with Crippen molar-refractivity contribution in [1.29, 1.82) is 0 Å². The van der Waals surface area contributed by atoms with Gasteiger partial charge in [0.1, 0.15) is 11.6 Å². The molecule has 0 aliphatic rings. The van der Waals surface area contributed by atoms with Gasteiger partial charge in [0.2, 0.25) is 11.8 Å². The second kappa shape index (κ2) is 9.16. The Bertz CT molecular complexity index is 776. The van der Waals surface area contributed by atoms with Crippen LogP contribution in [0.15, 0.2) is 48.5 Å². The summed E-state index contributed by atoms with van der Waals surface area (Å²) >= 11 is 0. The normalized spacial score (nSPS) is 9.92. The SMILES string of the molecule is CC(=O)Nc1ccc(CC(=O)NNC(=O)COc2ccc(F)cc2)cc1. The summed E-state index contributed by atoms with van der Waals surface area (Å²) < 4.78 is 17.9. The van der Waals surface area contributed by atoms with E-state index in [0.29, 0.717) is 17.0 Å². The minimum absolute atomic E-state index is 0.0550. The molecule has 0 unspecified atom stereocenters. The lowest BCUT2D eigenvalue weighted by molar-refractivity contribution is -0.129. The number of anilines is 1. The average molecular weight is 359 g/mol. The highest BCUT2D eigenvalue weighted by Crippen LogP contribution is 2.11. The van der Waals surface area contributed by atoms with Gasteiger partial charge in [0.05, 0.1) is 6.42 Å². The summed E-state index contributed by atoms with van der Waals surface area (Å²) in [6, 6.07) is 12.0. The van der Waals surface area contributed by atoms with Gasteiger partial charge in [-0.15, -0.1) is 0 Å². The summed E-state index contributed by atoms with van der Waals surface area (Å²) in [6.07, 6.45) is 0.0550. The predicted octanol–water partition coefficient (Wildman–Crippen LogP) is 1.55. The number of ether oxygens (including phenoxy) is 1. The third-order valence-corrected chi connectivity index (χ3v) is 3.16. The first-order chi connectivity index (χ1) is 12.4. The first-order valence-corrected chi connectivity index (χ1v) is 7.75. The number of carbonyl (C=O) groups is 3. The average Bonchev–Trinajstić information content (AvgIpc) is 2.61. The van der Waals surface area contributed by atoms with Crippen LogP contribution in [-0.4, -0.2) is 24.3 Å². The van der Waals surface area contributed by atoms with E-state index in [9.17, 15) is 18.8 Å². The van der Waals surface area contributed by atoms with Gasteiger partial charge in [0.15, 0.2) is 6.61 Å². The van der Waals surface area contributed by atoms with E-state index < -0.39 is 17.6 Å². The molecule has 0 fully saturated rings. The molecule has 8 heteroatoms. The Hall–Kier alpha value is -3.42. The van der Waals surface area contributed by atoms with Crippen LogP contribution >= 0.6 is 0 Å². The van der Waals surface area contributed by atoms with Crippen molar-refractivity contribution in [1.82, 2.24) is 10.9 Å². The summed E-state index contributed by atoms with van der Waals surface area (Å²) in [7, 11) is 0. The lowest BCUT2D eigenvalue weighted by atomic mass is 10.1. The van der Waals surface area contributed by atoms with Crippen molar-refractivity contribution in [2.75, 3.05) is 11.9 Å². The molecule has 3 amide bonds. The maximum absolute atomic E-state index is 12.8. The van der Waals surface area contributed by atoms with Crippen LogP contribution in [0.1, 0.15) is 12.5 Å². The summed E-state index contributed by atoms with van der Waals surface area (Å²) in [6.45, 7) is 1.08. The van der Waals surface area contributed by atoms with Gasteiger partial charge in [-0.1, -0.05) is 12.1 Å². The van der Waals surface area contributed by atoms with Gasteiger partial charge in [0.25, 0.3) is 5.91 Å². The van der Waals surface area contributed by atoms with Crippen LogP contribution < -0.4 is 20.9 Å². The monoisotopic (exact) mass is 359 g/mol. The zero-order valence-electron chi connectivity index (χ0n) is 14.0. The molecule has 0 aliphatic carbocycles. The van der Waals surface area contributed by atoms with E-state index >= 15 is 0 Å². The topological polar surface area (TPSA) is 96.5 Å². The van der Waals surface area contributed by atoms with Crippen molar-refractivity contribution in [3.05, 3.63) is 59.9 Å². The van der Waals surface area contributed by atoms with Gasteiger partial charge in [-0.2, -0.15) is 0 Å². The first-order valence-electron chi connectivity index (χ1n) is 7.75. The van der Waals surface area contributed by atoms with E-state index in [1.807, 2.05) is 0 Å². The Kier molecular flexibility index (Phi) is 6.67. The molecule has 26 heavy (non-hydrogen) atoms. The van der Waals surface area contributed by atoms with Crippen LogP contribution in [0.2, 0.25) is 0 Å². The van der Waals surface area contributed by atoms with E-state index in [2.05, 4.69) is 16.2 Å². The van der Waals surface area contributed by atoms with E-state index in [4.69, 9.17) is 4.74 Å². The van der Waals surface area contributed by atoms with E-state index in [0.717, 1.165) is 0 Å². The Balaban J connectivity index is 1.71. The van der Waals surface area contributed by atoms with Gasteiger partial charge >= 0.3 is 0 Å². The maximum Gasteiger partial charge on any atom is 0.276 e. The molecule has 0 radical (unpaired) electrons. The minimum atomic E-state index is -0.552. The molecule has 2 aromatic rings. The second-order valence-corrected chi connectivity index (χ2v) is 5.39. The Labute approximate surface area is 149 Å². The lowest BCUT2D eigenvalue weighted by Crippen LogP contribution is -2.44. The molecule has 0 spiro atoms. The van der Waals surface area contributed by atoms with E-state index in [1.165, 1.54) is 31.2 Å². The molecular weight excluding hydrogens is 341 g/mol. The minimum Gasteiger partial charge on any atom is -0.484 e. The molecule has 0 bridgehead atoms. The number of hydrazine groups is 1. The van der Waals surface area contributed by atoms with Crippen molar-refractivity contribution >= 4 is 23.4 Å². The van der Waals surface area contributed by atoms with Crippen molar-refractivity contribution < 1.29 is 23.5 Å². The van der Waals surface area contributed by atoms with Crippen LogP contribution in [0.5, 0.6) is 5.75 Å². The maximum atomic E-state index is 12.8. The smallest absolute Gasteiger partial charge is 0.276 e. The number of halogens is 1. The molecule has 2 aromatic carbocycles. The number of hydrogen-bond acceptors (Lipinski definition) is 4. The fourth-order valence-corrected chi connectivity index (χ4v) is 1.99. The molecular formula is C18H18FN3O4. The highest BCUT2D eigenvalue weighted by molar-refractivity contribution is 5.88. The van der Waals surface area contributed by atoms with Gasteiger partial charge in [-0.3, -0.25) is 25.2 Å². The van der Waals surface area contributed by atoms with Crippen molar-refractivity contribution in [2.24, 2.45) is 0 Å². The molecule has 0 atom stereocenters. The van der Waals surface area contributed by atoms with Gasteiger partial charge in [-0.25, -0.2) is 4.39 Å². The Morgan fingerprint density at radius 3 is 2.15 bits per heavy atom. The fraction of sp³-hybridized carbons (Fsp3) is 0.167.